The van der Waals surface area contributed by atoms with Gasteiger partial charge in [0.2, 0.25) is 10.0 Å². The van der Waals surface area contributed by atoms with Crippen molar-refractivity contribution in [3.05, 3.63) is 41.7 Å². The molecule has 0 unspecified atom stereocenters. The molecule has 8 heteroatoms. The lowest BCUT2D eigenvalue weighted by molar-refractivity contribution is 0.305. The average molecular weight is 338 g/mol. The molecule has 0 saturated carbocycles. The van der Waals surface area contributed by atoms with Crippen LogP contribution in [0.25, 0.3) is 0 Å². The van der Waals surface area contributed by atoms with Gasteiger partial charge in [-0.05, 0) is 37.5 Å². The van der Waals surface area contributed by atoms with Gasteiger partial charge in [-0.15, -0.1) is 10.2 Å². The van der Waals surface area contributed by atoms with Crippen molar-refractivity contribution in [2.45, 2.75) is 30.6 Å². The average Bonchev–Trinajstić information content (AvgIpc) is 2.96. The zero-order valence-electron chi connectivity index (χ0n) is 13.1. The highest BCUT2D eigenvalue weighted by Gasteiger charge is 2.34. The number of aromatic nitrogens is 3. The predicted octanol–water partition coefficient (Wildman–Crippen LogP) is 1.83. The van der Waals surface area contributed by atoms with Crippen molar-refractivity contribution < 1.29 is 12.8 Å². The Bertz CT molecular complexity index is 819. The van der Waals surface area contributed by atoms with E-state index in [0.717, 1.165) is 12.2 Å². The van der Waals surface area contributed by atoms with Gasteiger partial charge < -0.3 is 4.57 Å². The second-order valence-electron chi connectivity index (χ2n) is 5.94. The van der Waals surface area contributed by atoms with Crippen LogP contribution in [0.1, 0.15) is 30.1 Å². The van der Waals surface area contributed by atoms with Gasteiger partial charge in [-0.2, -0.15) is 4.31 Å². The van der Waals surface area contributed by atoms with Crippen molar-refractivity contribution in [1.82, 2.24) is 19.1 Å². The van der Waals surface area contributed by atoms with E-state index in [1.165, 1.54) is 16.4 Å². The normalized spacial score (nSPS) is 19.9. The first kappa shape index (κ1) is 16.1. The Labute approximate surface area is 135 Å². The summed E-state index contributed by atoms with van der Waals surface area (Å²) in [6, 6.07) is 4.15. The van der Waals surface area contributed by atoms with Crippen LogP contribution < -0.4 is 0 Å². The third kappa shape index (κ3) is 3.00. The quantitative estimate of drug-likeness (QED) is 0.856. The van der Waals surface area contributed by atoms with Crippen LogP contribution in [0.5, 0.6) is 0 Å². The number of halogens is 1. The maximum absolute atomic E-state index is 14.0. The molecule has 0 spiro atoms. The van der Waals surface area contributed by atoms with Crippen molar-refractivity contribution in [2.24, 2.45) is 7.05 Å². The molecule has 0 radical (unpaired) electrons. The summed E-state index contributed by atoms with van der Waals surface area (Å²) in [7, 11) is -2.01. The molecule has 6 nitrogen and oxygen atoms in total. The smallest absolute Gasteiger partial charge is 0.246 e. The van der Waals surface area contributed by atoms with Crippen LogP contribution >= 0.6 is 0 Å². The molecule has 1 aliphatic rings. The lowest BCUT2D eigenvalue weighted by Gasteiger charge is -2.31. The molecule has 2 aromatic rings. The van der Waals surface area contributed by atoms with Gasteiger partial charge in [0.15, 0.2) is 0 Å². The highest BCUT2D eigenvalue weighted by atomic mass is 32.2. The number of sulfonamides is 1. The molecule has 1 atom stereocenters. The van der Waals surface area contributed by atoms with E-state index >= 15 is 0 Å². The Balaban J connectivity index is 1.91. The van der Waals surface area contributed by atoms with Crippen molar-refractivity contribution in [3.8, 4) is 0 Å². The van der Waals surface area contributed by atoms with Crippen molar-refractivity contribution in [1.29, 1.82) is 0 Å². The van der Waals surface area contributed by atoms with Gasteiger partial charge in [-0.1, -0.05) is 6.07 Å². The SMILES string of the molecule is Cc1ccc(F)c(S(=O)(=O)N2CCC[C@@H](c3nncn3C)C2)c1. The number of nitrogens with zero attached hydrogens (tertiary/aromatic N) is 4. The second-order valence-corrected chi connectivity index (χ2v) is 7.84. The number of hydrogen-bond acceptors (Lipinski definition) is 4. The van der Waals surface area contributed by atoms with Gasteiger partial charge in [0.05, 0.1) is 0 Å². The van der Waals surface area contributed by atoms with Gasteiger partial charge in [0.25, 0.3) is 0 Å². The monoisotopic (exact) mass is 338 g/mol. The molecule has 1 fully saturated rings. The van der Waals surface area contributed by atoms with Crippen LogP contribution in [0.3, 0.4) is 0 Å². The maximum atomic E-state index is 14.0. The van der Waals surface area contributed by atoms with Crippen LogP contribution in [0.15, 0.2) is 29.4 Å². The summed E-state index contributed by atoms with van der Waals surface area (Å²) in [6.45, 7) is 2.43. The topological polar surface area (TPSA) is 68.1 Å². The van der Waals surface area contributed by atoms with E-state index in [1.54, 1.807) is 23.9 Å². The molecule has 1 aromatic carbocycles. The molecular formula is C15H19FN4O2S. The lowest BCUT2D eigenvalue weighted by Crippen LogP contribution is -2.40. The summed E-state index contributed by atoms with van der Waals surface area (Å²) in [5.41, 5.74) is 0.715. The third-order valence-corrected chi connectivity index (χ3v) is 6.08. The van der Waals surface area contributed by atoms with Crippen LogP contribution in [0.4, 0.5) is 4.39 Å². The fourth-order valence-electron chi connectivity index (χ4n) is 2.98. The number of piperidine rings is 1. The molecule has 0 aliphatic carbocycles. The molecule has 1 aliphatic heterocycles. The fourth-order valence-corrected chi connectivity index (χ4v) is 4.65. The van der Waals surface area contributed by atoms with Gasteiger partial charge in [0.1, 0.15) is 22.9 Å². The minimum atomic E-state index is -3.85. The molecule has 3 rings (SSSR count). The minimum absolute atomic E-state index is 0.0288. The number of aryl methyl sites for hydroxylation is 2. The fraction of sp³-hybridized carbons (Fsp3) is 0.467. The Morgan fingerprint density at radius 3 is 2.83 bits per heavy atom. The second kappa shape index (κ2) is 6.01. The van der Waals surface area contributed by atoms with Crippen LogP contribution in [0, 0.1) is 12.7 Å². The summed E-state index contributed by atoms with van der Waals surface area (Å²) in [5.74, 6) is 0.0184. The predicted molar refractivity (Wildman–Crippen MR) is 82.9 cm³/mol. The zero-order valence-corrected chi connectivity index (χ0v) is 13.9. The summed E-state index contributed by atoms with van der Waals surface area (Å²) >= 11 is 0. The van der Waals surface area contributed by atoms with Gasteiger partial charge in [-0.3, -0.25) is 0 Å². The zero-order chi connectivity index (χ0) is 16.6. The molecule has 0 bridgehead atoms. The Kier molecular flexibility index (Phi) is 4.20. The summed E-state index contributed by atoms with van der Waals surface area (Å²) in [4.78, 5) is -0.254. The van der Waals surface area contributed by atoms with E-state index in [0.29, 0.717) is 25.1 Å². The van der Waals surface area contributed by atoms with Gasteiger partial charge in [0, 0.05) is 26.1 Å². The van der Waals surface area contributed by atoms with E-state index < -0.39 is 15.8 Å². The van der Waals surface area contributed by atoms with E-state index in [-0.39, 0.29) is 10.8 Å². The maximum Gasteiger partial charge on any atom is 0.246 e. The van der Waals surface area contributed by atoms with Crippen molar-refractivity contribution in [3.63, 3.8) is 0 Å². The first-order valence-electron chi connectivity index (χ1n) is 7.50. The van der Waals surface area contributed by atoms with Crippen molar-refractivity contribution >= 4 is 10.0 Å². The lowest BCUT2D eigenvalue weighted by atomic mass is 9.99. The number of rotatable bonds is 3. The molecule has 0 amide bonds. The van der Waals surface area contributed by atoms with Crippen LogP contribution in [0.2, 0.25) is 0 Å². The van der Waals surface area contributed by atoms with E-state index in [2.05, 4.69) is 10.2 Å². The van der Waals surface area contributed by atoms with Crippen LogP contribution in [-0.4, -0.2) is 40.6 Å². The molecule has 2 heterocycles. The Hall–Kier alpha value is -1.80. The Morgan fingerprint density at radius 1 is 1.35 bits per heavy atom. The number of benzene rings is 1. The Morgan fingerprint density at radius 2 is 2.13 bits per heavy atom. The van der Waals surface area contributed by atoms with Gasteiger partial charge in [-0.25, -0.2) is 12.8 Å². The summed E-state index contributed by atoms with van der Waals surface area (Å²) < 4.78 is 42.8. The highest BCUT2D eigenvalue weighted by molar-refractivity contribution is 7.89. The third-order valence-electron chi connectivity index (χ3n) is 4.20. The molecule has 23 heavy (non-hydrogen) atoms. The standard InChI is InChI=1S/C15H19FN4O2S/c1-11-5-6-13(16)14(8-11)23(21,22)20-7-3-4-12(9-20)15-18-17-10-19(15)2/h5-6,8,10,12H,3-4,7,9H2,1-2H3/t12-/m1/s1. The molecule has 1 aromatic heterocycles. The van der Waals surface area contributed by atoms with Crippen molar-refractivity contribution in [2.75, 3.05) is 13.1 Å². The first-order valence-corrected chi connectivity index (χ1v) is 8.94. The van der Waals surface area contributed by atoms with Crippen LogP contribution in [-0.2, 0) is 17.1 Å². The van der Waals surface area contributed by atoms with E-state index in [1.807, 2.05) is 7.05 Å². The summed E-state index contributed by atoms with van der Waals surface area (Å²) in [6.07, 6.45) is 3.15. The van der Waals surface area contributed by atoms with Gasteiger partial charge >= 0.3 is 0 Å². The first-order chi connectivity index (χ1) is 10.9. The molecular weight excluding hydrogens is 319 g/mol. The molecule has 124 valence electrons. The number of hydrogen-bond donors (Lipinski definition) is 0. The summed E-state index contributed by atoms with van der Waals surface area (Å²) in [5, 5.41) is 7.93. The largest absolute Gasteiger partial charge is 0.320 e. The molecule has 0 N–H and O–H groups in total. The highest BCUT2D eigenvalue weighted by Crippen LogP contribution is 2.30. The minimum Gasteiger partial charge on any atom is -0.320 e. The van der Waals surface area contributed by atoms with E-state index in [9.17, 15) is 12.8 Å². The van der Waals surface area contributed by atoms with E-state index in [4.69, 9.17) is 0 Å². The molecule has 1 saturated heterocycles.